The highest BCUT2D eigenvalue weighted by Gasteiger charge is 2.14. The van der Waals surface area contributed by atoms with Crippen LogP contribution in [0.3, 0.4) is 0 Å². The maximum Gasteiger partial charge on any atom is 0.349 e. The van der Waals surface area contributed by atoms with Crippen LogP contribution in [0.4, 0.5) is 0 Å². The second kappa shape index (κ2) is 11.6. The Balaban J connectivity index is 2.08. The molecule has 7 nitrogen and oxygen atoms in total. The first kappa shape index (κ1) is 23.8. The number of methoxy groups -OCH3 is 1. The molecule has 0 aliphatic carbocycles. The minimum atomic E-state index is -0.618. The van der Waals surface area contributed by atoms with E-state index in [0.717, 1.165) is 12.0 Å². The fraction of sp³-hybridized carbons (Fsp3) is 0.261. The number of benzene rings is 2. The van der Waals surface area contributed by atoms with E-state index in [1.54, 1.807) is 30.3 Å². The van der Waals surface area contributed by atoms with Gasteiger partial charge in [-0.25, -0.2) is 4.79 Å². The van der Waals surface area contributed by atoms with E-state index in [1.807, 2.05) is 19.9 Å². The predicted octanol–water partition coefficient (Wildman–Crippen LogP) is 4.07. The number of hydrogen-bond donors (Lipinski definition) is 1. The molecule has 0 fully saturated rings. The van der Waals surface area contributed by atoms with Crippen LogP contribution >= 0.6 is 11.6 Å². The van der Waals surface area contributed by atoms with Crippen molar-refractivity contribution in [3.63, 3.8) is 0 Å². The molecule has 0 bridgehead atoms. The fourth-order valence-corrected chi connectivity index (χ4v) is 2.80. The molecule has 8 heteroatoms. The third-order valence-corrected chi connectivity index (χ3v) is 4.34. The zero-order valence-corrected chi connectivity index (χ0v) is 18.3. The summed E-state index contributed by atoms with van der Waals surface area (Å²) >= 11 is 5.91. The zero-order chi connectivity index (χ0) is 22.8. The zero-order valence-electron chi connectivity index (χ0n) is 17.5. The molecule has 0 aliphatic rings. The summed E-state index contributed by atoms with van der Waals surface area (Å²) in [7, 11) is 1.42. The number of nitrogens with zero attached hydrogens (tertiary/aromatic N) is 1. The molecule has 0 spiro atoms. The highest BCUT2D eigenvalue weighted by Crippen LogP contribution is 2.29. The van der Waals surface area contributed by atoms with Crippen LogP contribution < -0.4 is 19.5 Å². The SMILES string of the molecule is CCCNC(=O)/C(C#N)=C/c1ccc(OC(=O)COc2ccc(Cl)cc2C)c(OC)c1. The Morgan fingerprint density at radius 3 is 2.55 bits per heavy atom. The molecule has 31 heavy (non-hydrogen) atoms. The monoisotopic (exact) mass is 442 g/mol. The second-order valence-electron chi connectivity index (χ2n) is 6.51. The number of amides is 1. The molecule has 1 amide bonds. The molecule has 162 valence electrons. The Morgan fingerprint density at radius 2 is 1.90 bits per heavy atom. The number of nitrogens with one attached hydrogen (secondary N) is 1. The van der Waals surface area contributed by atoms with Gasteiger partial charge < -0.3 is 19.5 Å². The van der Waals surface area contributed by atoms with Crippen molar-refractivity contribution in [2.75, 3.05) is 20.3 Å². The third kappa shape index (κ3) is 7.05. The third-order valence-electron chi connectivity index (χ3n) is 4.11. The number of halogens is 1. The summed E-state index contributed by atoms with van der Waals surface area (Å²) in [5.41, 5.74) is 1.31. The minimum absolute atomic E-state index is 0.0352. The Hall–Kier alpha value is -3.50. The quantitative estimate of drug-likeness (QED) is 0.272. The number of esters is 1. The van der Waals surface area contributed by atoms with Crippen molar-refractivity contribution in [1.29, 1.82) is 5.26 Å². The number of rotatable bonds is 9. The molecule has 1 N–H and O–H groups in total. The number of ether oxygens (including phenoxy) is 3. The molecule has 2 aromatic carbocycles. The highest BCUT2D eigenvalue weighted by molar-refractivity contribution is 6.30. The van der Waals surface area contributed by atoms with Crippen LogP contribution in [0.5, 0.6) is 17.2 Å². The minimum Gasteiger partial charge on any atom is -0.493 e. The summed E-state index contributed by atoms with van der Waals surface area (Å²) in [6.07, 6.45) is 2.20. The lowest BCUT2D eigenvalue weighted by molar-refractivity contribution is -0.136. The number of carbonyl (C=O) groups excluding carboxylic acids is 2. The van der Waals surface area contributed by atoms with E-state index < -0.39 is 11.9 Å². The van der Waals surface area contributed by atoms with Crippen molar-refractivity contribution in [2.45, 2.75) is 20.3 Å². The van der Waals surface area contributed by atoms with Crippen molar-refractivity contribution < 1.29 is 23.8 Å². The van der Waals surface area contributed by atoms with Crippen LogP contribution in [0.1, 0.15) is 24.5 Å². The summed E-state index contributed by atoms with van der Waals surface area (Å²) < 4.78 is 16.1. The molecule has 0 saturated carbocycles. The van der Waals surface area contributed by atoms with Crippen molar-refractivity contribution in [3.8, 4) is 23.3 Å². The van der Waals surface area contributed by atoms with E-state index in [-0.39, 0.29) is 23.7 Å². The maximum atomic E-state index is 12.2. The van der Waals surface area contributed by atoms with E-state index >= 15 is 0 Å². The topological polar surface area (TPSA) is 97.7 Å². The fourth-order valence-electron chi connectivity index (χ4n) is 2.57. The van der Waals surface area contributed by atoms with Crippen molar-refractivity contribution in [1.82, 2.24) is 5.32 Å². The van der Waals surface area contributed by atoms with Gasteiger partial charge in [-0.15, -0.1) is 0 Å². The molecule has 0 unspecified atom stereocenters. The molecule has 0 aromatic heterocycles. The molecular formula is C23H23ClN2O5. The van der Waals surface area contributed by atoms with E-state index in [4.69, 9.17) is 25.8 Å². The van der Waals surface area contributed by atoms with Crippen molar-refractivity contribution in [3.05, 3.63) is 58.1 Å². The first-order valence-electron chi connectivity index (χ1n) is 9.55. The highest BCUT2D eigenvalue weighted by atomic mass is 35.5. The van der Waals surface area contributed by atoms with Gasteiger partial charge >= 0.3 is 5.97 Å². The lowest BCUT2D eigenvalue weighted by Crippen LogP contribution is -2.25. The molecule has 2 aromatic rings. The molecule has 2 rings (SSSR count). The van der Waals surface area contributed by atoms with Gasteiger partial charge in [0.1, 0.15) is 17.4 Å². The van der Waals surface area contributed by atoms with Crippen LogP contribution in [0.25, 0.3) is 6.08 Å². The van der Waals surface area contributed by atoms with Gasteiger partial charge in [-0.2, -0.15) is 5.26 Å². The van der Waals surface area contributed by atoms with Crippen LogP contribution in [0.2, 0.25) is 5.02 Å². The van der Waals surface area contributed by atoms with E-state index in [0.29, 0.717) is 22.9 Å². The molecule has 0 atom stereocenters. The van der Waals surface area contributed by atoms with Gasteiger partial charge in [0.05, 0.1) is 7.11 Å². The van der Waals surface area contributed by atoms with Gasteiger partial charge in [0, 0.05) is 11.6 Å². The average Bonchev–Trinajstić information content (AvgIpc) is 2.75. The van der Waals surface area contributed by atoms with Crippen LogP contribution in [0.15, 0.2) is 42.0 Å². The Morgan fingerprint density at radius 1 is 1.16 bits per heavy atom. The number of aryl methyl sites for hydroxylation is 1. The van der Waals surface area contributed by atoms with Crippen LogP contribution in [0, 0.1) is 18.3 Å². The van der Waals surface area contributed by atoms with Crippen molar-refractivity contribution in [2.24, 2.45) is 0 Å². The van der Waals surface area contributed by atoms with Crippen LogP contribution in [-0.4, -0.2) is 32.1 Å². The summed E-state index contributed by atoms with van der Waals surface area (Å²) in [5.74, 6) is -0.0775. The Kier molecular flexibility index (Phi) is 8.92. The standard InChI is InChI=1S/C23H23ClN2O5/c1-4-9-26-23(28)17(13-25)11-16-5-7-20(21(12-16)29-3)31-22(27)14-30-19-8-6-18(24)10-15(19)2/h5-8,10-12H,4,9,14H2,1-3H3,(H,26,28)/b17-11+. The van der Waals surface area contributed by atoms with Gasteiger partial charge in [0.2, 0.25) is 0 Å². The number of carbonyl (C=O) groups is 2. The lowest BCUT2D eigenvalue weighted by atomic mass is 10.1. The van der Waals surface area contributed by atoms with Gasteiger partial charge in [-0.3, -0.25) is 4.79 Å². The summed E-state index contributed by atoms with van der Waals surface area (Å²) in [4.78, 5) is 24.2. The first-order chi connectivity index (χ1) is 14.9. The Labute approximate surface area is 186 Å². The molecule has 0 radical (unpaired) electrons. The van der Waals surface area contributed by atoms with Crippen molar-refractivity contribution >= 4 is 29.6 Å². The second-order valence-corrected chi connectivity index (χ2v) is 6.95. The summed E-state index contributed by atoms with van der Waals surface area (Å²) in [6, 6.07) is 11.7. The molecule has 0 heterocycles. The number of hydrogen-bond acceptors (Lipinski definition) is 6. The van der Waals surface area contributed by atoms with Gasteiger partial charge in [0.25, 0.3) is 5.91 Å². The smallest absolute Gasteiger partial charge is 0.349 e. The maximum absolute atomic E-state index is 12.2. The molecular weight excluding hydrogens is 420 g/mol. The first-order valence-corrected chi connectivity index (χ1v) is 9.93. The van der Waals surface area contributed by atoms with Gasteiger partial charge in [-0.05, 0) is 60.9 Å². The van der Waals surface area contributed by atoms with Gasteiger partial charge in [-0.1, -0.05) is 24.6 Å². The largest absolute Gasteiger partial charge is 0.493 e. The van der Waals surface area contributed by atoms with E-state index in [9.17, 15) is 14.9 Å². The lowest BCUT2D eigenvalue weighted by Gasteiger charge is -2.12. The summed E-state index contributed by atoms with van der Waals surface area (Å²) in [5, 5.41) is 12.5. The predicted molar refractivity (Wildman–Crippen MR) is 117 cm³/mol. The van der Waals surface area contributed by atoms with Gasteiger partial charge in [0.15, 0.2) is 18.1 Å². The average molecular weight is 443 g/mol. The Bertz CT molecular complexity index is 1030. The summed E-state index contributed by atoms with van der Waals surface area (Å²) in [6.45, 7) is 3.92. The van der Waals surface area contributed by atoms with Crippen LogP contribution in [-0.2, 0) is 9.59 Å². The van der Waals surface area contributed by atoms with E-state index in [1.165, 1.54) is 19.3 Å². The normalized spacial score (nSPS) is 10.7. The molecule has 0 saturated heterocycles. The molecule has 0 aliphatic heterocycles. The van der Waals surface area contributed by atoms with E-state index in [2.05, 4.69) is 5.32 Å². The number of nitriles is 1.